The van der Waals surface area contributed by atoms with E-state index < -0.39 is 0 Å². The van der Waals surface area contributed by atoms with Crippen LogP contribution in [0, 0.1) is 0 Å². The van der Waals surface area contributed by atoms with Crippen LogP contribution in [0.3, 0.4) is 0 Å². The van der Waals surface area contributed by atoms with Crippen LogP contribution in [0.4, 0.5) is 0 Å². The molecule has 0 saturated heterocycles. The third-order valence-corrected chi connectivity index (χ3v) is 5.23. The van der Waals surface area contributed by atoms with Crippen LogP contribution < -0.4 is 14.8 Å². The fraction of sp³-hybridized carbons (Fsp3) is 0.320. The van der Waals surface area contributed by atoms with E-state index in [4.69, 9.17) is 21.1 Å². The first kappa shape index (κ1) is 22.6. The van der Waals surface area contributed by atoms with E-state index in [1.807, 2.05) is 84.1 Å². The Kier molecular flexibility index (Phi) is 6.45. The van der Waals surface area contributed by atoms with Gasteiger partial charge < -0.3 is 9.47 Å². The SMILES string of the molecule is CC(C)(C)Oc1cccc(-c2cnc(Cl)c(P)c2-c2cccc(OC(C)(C)C)c2)c1. The summed E-state index contributed by atoms with van der Waals surface area (Å²) in [7, 11) is 2.73. The number of hydrogen-bond donors (Lipinski definition) is 0. The van der Waals surface area contributed by atoms with E-state index in [0.717, 1.165) is 39.1 Å². The lowest BCUT2D eigenvalue weighted by Crippen LogP contribution is -2.23. The Bertz CT molecular complexity index is 1050. The molecule has 0 saturated carbocycles. The minimum Gasteiger partial charge on any atom is -0.488 e. The lowest BCUT2D eigenvalue weighted by atomic mass is 9.96. The van der Waals surface area contributed by atoms with Crippen LogP contribution in [0.5, 0.6) is 11.5 Å². The quantitative estimate of drug-likeness (QED) is 0.325. The first-order valence-corrected chi connectivity index (χ1v) is 10.9. The second-order valence-corrected chi connectivity index (χ2v) is 10.2. The van der Waals surface area contributed by atoms with Crippen LogP contribution in [0.2, 0.25) is 5.15 Å². The second kappa shape index (κ2) is 8.57. The molecule has 0 aliphatic heterocycles. The summed E-state index contributed by atoms with van der Waals surface area (Å²) in [4.78, 5) is 4.40. The maximum absolute atomic E-state index is 6.40. The number of rotatable bonds is 4. The zero-order chi connectivity index (χ0) is 22.1. The van der Waals surface area contributed by atoms with Gasteiger partial charge in [0.05, 0.1) is 0 Å². The molecule has 1 unspecified atom stereocenters. The van der Waals surface area contributed by atoms with Gasteiger partial charge >= 0.3 is 0 Å². The van der Waals surface area contributed by atoms with Crippen LogP contribution >= 0.6 is 20.8 Å². The van der Waals surface area contributed by atoms with Crippen molar-refractivity contribution in [2.24, 2.45) is 0 Å². The molecule has 0 N–H and O–H groups in total. The summed E-state index contributed by atoms with van der Waals surface area (Å²) in [5.41, 5.74) is 3.47. The van der Waals surface area contributed by atoms with Crippen molar-refractivity contribution in [1.29, 1.82) is 0 Å². The average Bonchev–Trinajstić information content (AvgIpc) is 2.61. The van der Waals surface area contributed by atoms with E-state index in [1.54, 1.807) is 0 Å². The molecule has 2 aromatic carbocycles. The Morgan fingerprint density at radius 2 is 1.30 bits per heavy atom. The minimum absolute atomic E-state index is 0.274. The Hall–Kier alpha value is -2.09. The molecule has 0 spiro atoms. The van der Waals surface area contributed by atoms with Crippen molar-refractivity contribution in [2.75, 3.05) is 0 Å². The maximum atomic E-state index is 6.40. The van der Waals surface area contributed by atoms with Gasteiger partial charge in [0, 0.05) is 22.6 Å². The van der Waals surface area contributed by atoms with Crippen molar-refractivity contribution in [2.45, 2.75) is 52.7 Å². The molecule has 158 valence electrons. The molecule has 1 aromatic heterocycles. The standard InChI is InChI=1S/C25H29ClNO2P/c1-24(2,3)28-18-11-7-9-16(13-18)20-15-27-23(26)22(30)21(20)17-10-8-12-19(14-17)29-25(4,5)6/h7-15H,30H2,1-6H3. The Morgan fingerprint density at radius 1 is 0.800 bits per heavy atom. The summed E-state index contributed by atoms with van der Waals surface area (Å²) in [6.07, 6.45) is 1.82. The van der Waals surface area contributed by atoms with Crippen LogP contribution in [-0.4, -0.2) is 16.2 Å². The fourth-order valence-electron chi connectivity index (χ4n) is 3.18. The first-order valence-electron chi connectivity index (χ1n) is 9.96. The molecule has 0 aliphatic carbocycles. The average molecular weight is 442 g/mol. The molecule has 3 rings (SSSR count). The van der Waals surface area contributed by atoms with Crippen molar-refractivity contribution in [1.82, 2.24) is 4.98 Å². The van der Waals surface area contributed by atoms with Gasteiger partial charge in [0.2, 0.25) is 0 Å². The summed E-state index contributed by atoms with van der Waals surface area (Å²) >= 11 is 6.40. The summed E-state index contributed by atoms with van der Waals surface area (Å²) in [5, 5.41) is 1.31. The van der Waals surface area contributed by atoms with Gasteiger partial charge in [-0.1, -0.05) is 35.9 Å². The largest absolute Gasteiger partial charge is 0.488 e. The van der Waals surface area contributed by atoms with Gasteiger partial charge in [-0.15, -0.1) is 9.24 Å². The molecular formula is C25H29ClNO2P. The molecular weight excluding hydrogens is 413 g/mol. The molecule has 0 radical (unpaired) electrons. The van der Waals surface area contributed by atoms with E-state index in [0.29, 0.717) is 5.15 Å². The summed E-state index contributed by atoms with van der Waals surface area (Å²) in [6, 6.07) is 16.1. The molecule has 0 amide bonds. The first-order chi connectivity index (χ1) is 13.9. The molecule has 1 heterocycles. The third kappa shape index (κ3) is 5.74. The molecule has 3 aromatic rings. The van der Waals surface area contributed by atoms with Gasteiger partial charge in [0.1, 0.15) is 27.9 Å². The van der Waals surface area contributed by atoms with Gasteiger partial charge in [0.15, 0.2) is 0 Å². The van der Waals surface area contributed by atoms with Crippen molar-refractivity contribution >= 4 is 26.1 Å². The smallest absolute Gasteiger partial charge is 0.136 e. The van der Waals surface area contributed by atoms with E-state index in [2.05, 4.69) is 26.4 Å². The highest BCUT2D eigenvalue weighted by atomic mass is 35.5. The number of nitrogens with zero attached hydrogens (tertiary/aromatic N) is 1. The zero-order valence-corrected chi connectivity index (χ0v) is 20.3. The molecule has 0 fully saturated rings. The summed E-state index contributed by atoms with van der Waals surface area (Å²) in [5.74, 6) is 1.63. The Labute approximate surface area is 187 Å². The van der Waals surface area contributed by atoms with Crippen LogP contribution in [0.25, 0.3) is 22.3 Å². The van der Waals surface area contributed by atoms with Gasteiger partial charge in [0.25, 0.3) is 0 Å². The number of pyridine rings is 1. The van der Waals surface area contributed by atoms with Crippen LogP contribution in [0.15, 0.2) is 54.7 Å². The highest BCUT2D eigenvalue weighted by Crippen LogP contribution is 2.36. The maximum Gasteiger partial charge on any atom is 0.136 e. The monoisotopic (exact) mass is 441 g/mol. The van der Waals surface area contributed by atoms with Crippen LogP contribution in [0.1, 0.15) is 41.5 Å². The lowest BCUT2D eigenvalue weighted by Gasteiger charge is -2.23. The van der Waals surface area contributed by atoms with Crippen molar-refractivity contribution in [3.63, 3.8) is 0 Å². The predicted molar refractivity (Wildman–Crippen MR) is 130 cm³/mol. The lowest BCUT2D eigenvalue weighted by molar-refractivity contribution is 0.130. The molecule has 30 heavy (non-hydrogen) atoms. The Balaban J connectivity index is 2.13. The molecule has 5 heteroatoms. The number of ether oxygens (including phenoxy) is 2. The molecule has 0 aliphatic rings. The zero-order valence-electron chi connectivity index (χ0n) is 18.4. The summed E-state index contributed by atoms with van der Waals surface area (Å²) < 4.78 is 12.1. The number of benzene rings is 2. The number of halogens is 1. The normalized spacial score (nSPS) is 12.0. The predicted octanol–water partition coefficient (Wildman–Crippen LogP) is 6.92. The van der Waals surface area contributed by atoms with E-state index >= 15 is 0 Å². The second-order valence-electron chi connectivity index (χ2n) is 9.24. The van der Waals surface area contributed by atoms with E-state index in [-0.39, 0.29) is 11.2 Å². The fourth-order valence-corrected chi connectivity index (χ4v) is 3.72. The van der Waals surface area contributed by atoms with E-state index in [1.165, 1.54) is 0 Å². The van der Waals surface area contributed by atoms with Gasteiger partial charge in [-0.2, -0.15) is 0 Å². The Morgan fingerprint density at radius 3 is 1.83 bits per heavy atom. The molecule has 3 nitrogen and oxygen atoms in total. The molecule has 0 bridgehead atoms. The number of aromatic nitrogens is 1. The van der Waals surface area contributed by atoms with Crippen molar-refractivity contribution in [3.05, 3.63) is 59.9 Å². The minimum atomic E-state index is -0.278. The van der Waals surface area contributed by atoms with Crippen molar-refractivity contribution < 1.29 is 9.47 Å². The molecule has 1 atom stereocenters. The van der Waals surface area contributed by atoms with Gasteiger partial charge in [-0.3, -0.25) is 0 Å². The van der Waals surface area contributed by atoms with E-state index in [9.17, 15) is 0 Å². The highest BCUT2D eigenvalue weighted by molar-refractivity contribution is 7.28. The van der Waals surface area contributed by atoms with Crippen LogP contribution in [-0.2, 0) is 0 Å². The van der Waals surface area contributed by atoms with Crippen molar-refractivity contribution in [3.8, 4) is 33.8 Å². The topological polar surface area (TPSA) is 31.4 Å². The third-order valence-electron chi connectivity index (χ3n) is 4.18. The summed E-state index contributed by atoms with van der Waals surface area (Å²) in [6.45, 7) is 12.2. The highest BCUT2D eigenvalue weighted by Gasteiger charge is 2.18. The number of hydrogen-bond acceptors (Lipinski definition) is 3. The van der Waals surface area contributed by atoms with Gasteiger partial charge in [-0.05, 0) is 76.9 Å². The van der Waals surface area contributed by atoms with Gasteiger partial charge in [-0.25, -0.2) is 4.98 Å².